The van der Waals surface area contributed by atoms with Crippen LogP contribution in [0.2, 0.25) is 0 Å². The number of methoxy groups -OCH3 is 2. The van der Waals surface area contributed by atoms with Gasteiger partial charge in [0.1, 0.15) is 17.2 Å². The highest BCUT2D eigenvalue weighted by Gasteiger charge is 2.49. The quantitative estimate of drug-likeness (QED) is 0.343. The third kappa shape index (κ3) is 5.62. The molecule has 2 aliphatic rings. The predicted molar refractivity (Wildman–Crippen MR) is 146 cm³/mol. The average Bonchev–Trinajstić information content (AvgIpc) is 3.40. The highest BCUT2D eigenvalue weighted by Crippen LogP contribution is 2.42. The lowest BCUT2D eigenvalue weighted by Crippen LogP contribution is -2.54. The van der Waals surface area contributed by atoms with Gasteiger partial charge in [0.05, 0.1) is 33.0 Å². The first-order valence-electron chi connectivity index (χ1n) is 13.1. The number of hydrazine groups is 1. The number of amides is 1. The number of carbonyl (C=O) groups is 1. The number of fused-ring (bicyclic) bond motifs is 1. The first-order chi connectivity index (χ1) is 18.6. The number of nitrogens with one attached hydrogen (secondary N) is 4. The van der Waals surface area contributed by atoms with Crippen molar-refractivity contribution in [2.45, 2.75) is 38.1 Å². The number of hydrogen-bond donors (Lipinski definition) is 4. The summed E-state index contributed by atoms with van der Waals surface area (Å²) in [6.45, 7) is 3.07. The van der Waals surface area contributed by atoms with E-state index in [0.717, 1.165) is 33.9 Å². The van der Waals surface area contributed by atoms with Gasteiger partial charge in [-0.25, -0.2) is 10.9 Å². The first kappa shape index (κ1) is 26.0. The van der Waals surface area contributed by atoms with E-state index in [2.05, 4.69) is 45.8 Å². The number of rotatable bonds is 9. The van der Waals surface area contributed by atoms with Crippen LogP contribution in [-0.2, 0) is 11.3 Å². The molecule has 2 aliphatic heterocycles. The fourth-order valence-corrected chi connectivity index (χ4v) is 5.54. The zero-order chi connectivity index (χ0) is 26.5. The van der Waals surface area contributed by atoms with E-state index < -0.39 is 0 Å². The van der Waals surface area contributed by atoms with E-state index in [0.29, 0.717) is 19.6 Å². The molecule has 5 unspecified atom stereocenters. The zero-order valence-electron chi connectivity index (χ0n) is 22.1. The number of hydrogen-bond acceptors (Lipinski definition) is 7. The minimum absolute atomic E-state index is 0.0122. The van der Waals surface area contributed by atoms with E-state index >= 15 is 0 Å². The van der Waals surface area contributed by atoms with E-state index in [4.69, 9.17) is 14.2 Å². The fourth-order valence-electron chi connectivity index (χ4n) is 5.54. The molecule has 0 bridgehead atoms. The van der Waals surface area contributed by atoms with Crippen LogP contribution >= 0.6 is 0 Å². The largest absolute Gasteiger partial charge is 0.497 e. The Kier molecular flexibility index (Phi) is 8.12. The molecule has 0 radical (unpaired) electrons. The SMILES string of the molecule is CCOc1ccc(C2CC(C(=O)NCc3ccc(OC)cc3)C3C(NNC3c3ccc(OC)cc3)N2)cc1. The minimum Gasteiger partial charge on any atom is -0.497 e. The van der Waals surface area contributed by atoms with Crippen molar-refractivity contribution in [3.8, 4) is 17.2 Å². The van der Waals surface area contributed by atoms with Crippen molar-refractivity contribution in [3.63, 3.8) is 0 Å². The third-order valence-corrected chi connectivity index (χ3v) is 7.53. The maximum Gasteiger partial charge on any atom is 0.223 e. The van der Waals surface area contributed by atoms with Gasteiger partial charge in [-0.1, -0.05) is 36.4 Å². The minimum atomic E-state index is -0.217. The molecular weight excluding hydrogens is 480 g/mol. The number of carbonyl (C=O) groups excluding carboxylic acids is 1. The second kappa shape index (κ2) is 11.9. The molecule has 2 fully saturated rings. The molecule has 0 aromatic heterocycles. The molecule has 3 aromatic carbocycles. The summed E-state index contributed by atoms with van der Waals surface area (Å²) < 4.78 is 16.2. The summed E-state index contributed by atoms with van der Waals surface area (Å²) in [4.78, 5) is 13.8. The molecular formula is C30H36N4O4. The second-order valence-corrected chi connectivity index (χ2v) is 9.72. The van der Waals surface area contributed by atoms with Crippen molar-refractivity contribution in [1.29, 1.82) is 0 Å². The van der Waals surface area contributed by atoms with Gasteiger partial charge in [0.25, 0.3) is 0 Å². The van der Waals surface area contributed by atoms with Crippen LogP contribution in [-0.4, -0.2) is 32.9 Å². The van der Waals surface area contributed by atoms with Crippen LogP contribution in [0.1, 0.15) is 42.1 Å². The molecule has 2 saturated heterocycles. The van der Waals surface area contributed by atoms with Gasteiger partial charge >= 0.3 is 0 Å². The number of benzene rings is 3. The summed E-state index contributed by atoms with van der Waals surface area (Å²) in [7, 11) is 3.31. The van der Waals surface area contributed by atoms with Gasteiger partial charge in [0.2, 0.25) is 5.91 Å². The van der Waals surface area contributed by atoms with Crippen LogP contribution in [0.5, 0.6) is 17.2 Å². The molecule has 200 valence electrons. The topological polar surface area (TPSA) is 92.9 Å². The van der Waals surface area contributed by atoms with Gasteiger partial charge in [0.15, 0.2) is 0 Å². The Balaban J connectivity index is 1.37. The lowest BCUT2D eigenvalue weighted by atomic mass is 9.74. The molecule has 0 spiro atoms. The van der Waals surface area contributed by atoms with Gasteiger partial charge < -0.3 is 19.5 Å². The molecule has 2 heterocycles. The second-order valence-electron chi connectivity index (χ2n) is 9.72. The van der Waals surface area contributed by atoms with Crippen LogP contribution in [0.25, 0.3) is 0 Å². The molecule has 38 heavy (non-hydrogen) atoms. The zero-order valence-corrected chi connectivity index (χ0v) is 22.1. The predicted octanol–water partition coefficient (Wildman–Crippen LogP) is 3.86. The van der Waals surface area contributed by atoms with E-state index in [1.807, 2.05) is 55.5 Å². The molecule has 5 rings (SSSR count). The van der Waals surface area contributed by atoms with Gasteiger partial charge in [0, 0.05) is 24.4 Å². The Labute approximate surface area is 224 Å². The Hall–Kier alpha value is -3.59. The van der Waals surface area contributed by atoms with Gasteiger partial charge in [-0.3, -0.25) is 10.1 Å². The van der Waals surface area contributed by atoms with Crippen molar-refractivity contribution < 1.29 is 19.0 Å². The molecule has 0 aliphatic carbocycles. The van der Waals surface area contributed by atoms with Gasteiger partial charge in [-0.05, 0) is 66.4 Å². The Morgan fingerprint density at radius 1 is 0.842 bits per heavy atom. The number of ether oxygens (including phenoxy) is 3. The summed E-state index contributed by atoms with van der Waals surface area (Å²) in [5.41, 5.74) is 10.2. The molecule has 8 heteroatoms. The standard InChI is InChI=1S/C30H36N4O4/c1-4-38-24-15-7-20(8-16-24)26-17-25(30(35)31-18-19-5-11-22(36-2)12-6-19)27-28(33-34-29(27)32-26)21-9-13-23(37-3)14-10-21/h5-16,25-29,32-34H,4,17-18H2,1-3H3,(H,31,35). The molecule has 8 nitrogen and oxygen atoms in total. The summed E-state index contributed by atoms with van der Waals surface area (Å²) in [5, 5.41) is 6.95. The highest BCUT2D eigenvalue weighted by molar-refractivity contribution is 5.79. The molecule has 4 N–H and O–H groups in total. The summed E-state index contributed by atoms with van der Waals surface area (Å²) in [5.74, 6) is 2.30. The van der Waals surface area contributed by atoms with Crippen molar-refractivity contribution in [3.05, 3.63) is 89.5 Å². The molecule has 1 amide bonds. The summed E-state index contributed by atoms with van der Waals surface area (Å²) in [6.07, 6.45) is 0.601. The van der Waals surface area contributed by atoms with Crippen LogP contribution in [0, 0.1) is 11.8 Å². The van der Waals surface area contributed by atoms with Crippen LogP contribution in [0.3, 0.4) is 0 Å². The van der Waals surface area contributed by atoms with Crippen molar-refractivity contribution in [2.75, 3.05) is 20.8 Å². The van der Waals surface area contributed by atoms with Crippen LogP contribution < -0.4 is 35.7 Å². The highest BCUT2D eigenvalue weighted by atomic mass is 16.5. The van der Waals surface area contributed by atoms with Crippen LogP contribution in [0.15, 0.2) is 72.8 Å². The Bertz CT molecular complexity index is 1200. The maximum absolute atomic E-state index is 13.8. The van der Waals surface area contributed by atoms with E-state index in [9.17, 15) is 4.79 Å². The maximum atomic E-state index is 13.8. The van der Waals surface area contributed by atoms with E-state index in [-0.39, 0.29) is 36.0 Å². The smallest absolute Gasteiger partial charge is 0.223 e. The van der Waals surface area contributed by atoms with Crippen molar-refractivity contribution >= 4 is 5.91 Å². The fraction of sp³-hybridized carbons (Fsp3) is 0.367. The van der Waals surface area contributed by atoms with Crippen molar-refractivity contribution in [1.82, 2.24) is 21.5 Å². The molecule has 0 saturated carbocycles. The van der Waals surface area contributed by atoms with E-state index in [1.54, 1.807) is 14.2 Å². The lowest BCUT2D eigenvalue weighted by molar-refractivity contribution is -0.129. The average molecular weight is 517 g/mol. The van der Waals surface area contributed by atoms with E-state index in [1.165, 1.54) is 0 Å². The summed E-state index contributed by atoms with van der Waals surface area (Å²) in [6, 6.07) is 24.0. The summed E-state index contributed by atoms with van der Waals surface area (Å²) >= 11 is 0. The van der Waals surface area contributed by atoms with Crippen LogP contribution in [0.4, 0.5) is 0 Å². The Morgan fingerprint density at radius 3 is 2.08 bits per heavy atom. The monoisotopic (exact) mass is 516 g/mol. The first-order valence-corrected chi connectivity index (χ1v) is 13.1. The normalized spacial score (nSPS) is 24.3. The van der Waals surface area contributed by atoms with Crippen molar-refractivity contribution in [2.24, 2.45) is 11.8 Å². The molecule has 3 aromatic rings. The Morgan fingerprint density at radius 2 is 1.45 bits per heavy atom. The molecule has 5 atom stereocenters. The number of piperidine rings is 1. The van der Waals surface area contributed by atoms with Gasteiger partial charge in [-0.2, -0.15) is 0 Å². The van der Waals surface area contributed by atoms with Gasteiger partial charge in [-0.15, -0.1) is 0 Å². The lowest BCUT2D eigenvalue weighted by Gasteiger charge is -2.40. The third-order valence-electron chi connectivity index (χ3n) is 7.53.